The number of aromatic nitrogens is 2. The van der Waals surface area contributed by atoms with Gasteiger partial charge in [-0.3, -0.25) is 4.68 Å². The fourth-order valence-corrected chi connectivity index (χ4v) is 2.19. The second kappa shape index (κ2) is 5.19. The van der Waals surface area contributed by atoms with E-state index >= 15 is 0 Å². The molecule has 0 saturated carbocycles. The van der Waals surface area contributed by atoms with E-state index in [4.69, 9.17) is 10.00 Å². The molecule has 92 valence electrons. The lowest BCUT2D eigenvalue weighted by atomic mass is 10.0. The van der Waals surface area contributed by atoms with Crippen LogP contribution in [0.2, 0.25) is 0 Å². The highest BCUT2D eigenvalue weighted by atomic mass is 16.5. The maximum atomic E-state index is 9.09. The molecule has 1 fully saturated rings. The van der Waals surface area contributed by atoms with Gasteiger partial charge in [0.1, 0.15) is 17.5 Å². The van der Waals surface area contributed by atoms with E-state index in [0.717, 1.165) is 44.1 Å². The van der Waals surface area contributed by atoms with Crippen molar-refractivity contribution in [1.29, 1.82) is 5.26 Å². The van der Waals surface area contributed by atoms with Gasteiger partial charge in [0.05, 0.1) is 5.69 Å². The third-order valence-electron chi connectivity index (χ3n) is 3.23. The second-order valence-electron chi connectivity index (χ2n) is 4.48. The zero-order chi connectivity index (χ0) is 12.3. The molecule has 5 nitrogen and oxygen atoms in total. The van der Waals surface area contributed by atoms with Gasteiger partial charge in [-0.2, -0.15) is 10.4 Å². The Morgan fingerprint density at radius 1 is 1.53 bits per heavy atom. The van der Waals surface area contributed by atoms with E-state index in [0.29, 0.717) is 11.5 Å². The SMILES string of the molecule is Cc1nn(C)c(NCC2CCOCC2)c1C#N. The van der Waals surface area contributed by atoms with Crippen molar-refractivity contribution in [1.82, 2.24) is 9.78 Å². The lowest BCUT2D eigenvalue weighted by molar-refractivity contribution is 0.0699. The third-order valence-corrected chi connectivity index (χ3v) is 3.23. The molecular formula is C12H18N4O. The van der Waals surface area contributed by atoms with Gasteiger partial charge in [-0.1, -0.05) is 0 Å². The number of nitrogens with one attached hydrogen (secondary N) is 1. The summed E-state index contributed by atoms with van der Waals surface area (Å²) in [6.45, 7) is 4.44. The van der Waals surface area contributed by atoms with Crippen molar-refractivity contribution in [3.05, 3.63) is 11.3 Å². The van der Waals surface area contributed by atoms with E-state index in [2.05, 4.69) is 16.5 Å². The quantitative estimate of drug-likeness (QED) is 0.859. The first-order valence-electron chi connectivity index (χ1n) is 5.97. The van der Waals surface area contributed by atoms with E-state index in [1.807, 2.05) is 14.0 Å². The molecular weight excluding hydrogens is 216 g/mol. The van der Waals surface area contributed by atoms with E-state index in [-0.39, 0.29) is 0 Å². The number of nitriles is 1. The molecule has 2 heterocycles. The van der Waals surface area contributed by atoms with Gasteiger partial charge in [0.2, 0.25) is 0 Å². The molecule has 0 amide bonds. The number of aryl methyl sites for hydroxylation is 2. The van der Waals surface area contributed by atoms with Gasteiger partial charge in [0.25, 0.3) is 0 Å². The minimum Gasteiger partial charge on any atom is -0.381 e. The highest BCUT2D eigenvalue weighted by Crippen LogP contribution is 2.20. The summed E-state index contributed by atoms with van der Waals surface area (Å²) in [7, 11) is 1.86. The predicted octanol–water partition coefficient (Wildman–Crippen LogP) is 1.44. The summed E-state index contributed by atoms with van der Waals surface area (Å²) in [5.41, 5.74) is 1.43. The number of nitrogens with zero attached hydrogens (tertiary/aromatic N) is 3. The maximum absolute atomic E-state index is 9.09. The molecule has 0 unspecified atom stereocenters. The van der Waals surface area contributed by atoms with E-state index < -0.39 is 0 Å². The van der Waals surface area contributed by atoms with Crippen LogP contribution < -0.4 is 5.32 Å². The average molecular weight is 234 g/mol. The normalized spacial score (nSPS) is 16.8. The van der Waals surface area contributed by atoms with Crippen LogP contribution in [0.1, 0.15) is 24.1 Å². The molecule has 0 spiro atoms. The van der Waals surface area contributed by atoms with Crippen molar-refractivity contribution in [2.75, 3.05) is 25.1 Å². The van der Waals surface area contributed by atoms with Crippen LogP contribution in [-0.2, 0) is 11.8 Å². The Kier molecular flexibility index (Phi) is 3.64. The molecule has 0 radical (unpaired) electrons. The van der Waals surface area contributed by atoms with Gasteiger partial charge < -0.3 is 10.1 Å². The topological polar surface area (TPSA) is 62.9 Å². The molecule has 0 bridgehead atoms. The lowest BCUT2D eigenvalue weighted by Crippen LogP contribution is -2.23. The van der Waals surface area contributed by atoms with E-state index in [1.165, 1.54) is 0 Å². The summed E-state index contributed by atoms with van der Waals surface area (Å²) < 4.78 is 7.07. The Hall–Kier alpha value is -1.54. The van der Waals surface area contributed by atoms with E-state index in [9.17, 15) is 0 Å². The monoisotopic (exact) mass is 234 g/mol. The fourth-order valence-electron chi connectivity index (χ4n) is 2.19. The Balaban J connectivity index is 2.01. The van der Waals surface area contributed by atoms with Gasteiger partial charge in [-0.05, 0) is 25.7 Å². The van der Waals surface area contributed by atoms with Crippen LogP contribution in [0, 0.1) is 24.2 Å². The first-order chi connectivity index (χ1) is 8.22. The van der Waals surface area contributed by atoms with Crippen molar-refractivity contribution in [3.63, 3.8) is 0 Å². The molecule has 0 aromatic carbocycles. The van der Waals surface area contributed by atoms with Crippen molar-refractivity contribution in [2.45, 2.75) is 19.8 Å². The molecule has 1 N–H and O–H groups in total. The van der Waals surface area contributed by atoms with Crippen LogP contribution in [0.4, 0.5) is 5.82 Å². The number of ether oxygens (including phenoxy) is 1. The minimum absolute atomic E-state index is 0.630. The number of hydrogen-bond donors (Lipinski definition) is 1. The second-order valence-corrected chi connectivity index (χ2v) is 4.48. The number of rotatable bonds is 3. The summed E-state index contributed by atoms with van der Waals surface area (Å²) in [5, 5.41) is 16.7. The molecule has 1 aromatic rings. The predicted molar refractivity (Wildman–Crippen MR) is 64.7 cm³/mol. The van der Waals surface area contributed by atoms with Crippen molar-refractivity contribution >= 4 is 5.82 Å². The molecule has 1 aliphatic heterocycles. The maximum Gasteiger partial charge on any atom is 0.142 e. The first kappa shape index (κ1) is 11.9. The van der Waals surface area contributed by atoms with Crippen LogP contribution in [0.15, 0.2) is 0 Å². The summed E-state index contributed by atoms with van der Waals surface area (Å²) in [6, 6.07) is 2.20. The van der Waals surface area contributed by atoms with Crippen molar-refractivity contribution < 1.29 is 4.74 Å². The van der Waals surface area contributed by atoms with Crippen LogP contribution in [0.3, 0.4) is 0 Å². The van der Waals surface area contributed by atoms with Crippen LogP contribution in [-0.4, -0.2) is 29.5 Å². The third kappa shape index (κ3) is 2.59. The number of hydrogen-bond acceptors (Lipinski definition) is 4. The Labute approximate surface area is 101 Å². The fraction of sp³-hybridized carbons (Fsp3) is 0.667. The minimum atomic E-state index is 0.630. The smallest absolute Gasteiger partial charge is 0.142 e. The molecule has 2 rings (SSSR count). The van der Waals surface area contributed by atoms with Crippen molar-refractivity contribution in [2.24, 2.45) is 13.0 Å². The highest BCUT2D eigenvalue weighted by molar-refractivity contribution is 5.54. The van der Waals surface area contributed by atoms with Gasteiger partial charge in [0, 0.05) is 26.8 Å². The summed E-state index contributed by atoms with van der Waals surface area (Å²) >= 11 is 0. The largest absolute Gasteiger partial charge is 0.381 e. The molecule has 1 aromatic heterocycles. The van der Waals surface area contributed by atoms with Crippen molar-refractivity contribution in [3.8, 4) is 6.07 Å². The Bertz CT molecular complexity index is 426. The molecule has 0 atom stereocenters. The van der Waals surface area contributed by atoms with Gasteiger partial charge in [-0.15, -0.1) is 0 Å². The first-order valence-corrected chi connectivity index (χ1v) is 5.97. The molecule has 17 heavy (non-hydrogen) atoms. The zero-order valence-electron chi connectivity index (χ0n) is 10.4. The average Bonchev–Trinajstić information content (AvgIpc) is 2.62. The summed E-state index contributed by atoms with van der Waals surface area (Å²) in [6.07, 6.45) is 2.18. The Morgan fingerprint density at radius 3 is 2.88 bits per heavy atom. The van der Waals surface area contributed by atoms with Gasteiger partial charge in [-0.25, -0.2) is 0 Å². The zero-order valence-corrected chi connectivity index (χ0v) is 10.4. The summed E-state index contributed by atoms with van der Waals surface area (Å²) in [4.78, 5) is 0. The Morgan fingerprint density at radius 2 is 2.24 bits per heavy atom. The molecule has 1 aliphatic rings. The van der Waals surface area contributed by atoms with Gasteiger partial charge >= 0.3 is 0 Å². The van der Waals surface area contributed by atoms with Crippen LogP contribution >= 0.6 is 0 Å². The molecule has 5 heteroatoms. The highest BCUT2D eigenvalue weighted by Gasteiger charge is 2.17. The molecule has 0 aliphatic carbocycles. The summed E-state index contributed by atoms with van der Waals surface area (Å²) in [5.74, 6) is 1.46. The molecule has 1 saturated heterocycles. The standard InChI is InChI=1S/C12H18N4O/c1-9-11(7-13)12(16(2)15-9)14-8-10-3-5-17-6-4-10/h10,14H,3-6,8H2,1-2H3. The number of anilines is 1. The van der Waals surface area contributed by atoms with E-state index in [1.54, 1.807) is 4.68 Å². The van der Waals surface area contributed by atoms with Crippen LogP contribution in [0.25, 0.3) is 0 Å². The van der Waals surface area contributed by atoms with Gasteiger partial charge in [0.15, 0.2) is 0 Å². The van der Waals surface area contributed by atoms with Crippen LogP contribution in [0.5, 0.6) is 0 Å². The lowest BCUT2D eigenvalue weighted by Gasteiger charge is -2.22.